The molecule has 0 saturated heterocycles. The van der Waals surface area contributed by atoms with E-state index in [4.69, 9.17) is 0 Å². The van der Waals surface area contributed by atoms with Crippen LogP contribution in [0.5, 0.6) is 0 Å². The first-order valence-electron chi connectivity index (χ1n) is 6.80. The van der Waals surface area contributed by atoms with Crippen molar-refractivity contribution in [1.82, 2.24) is 14.3 Å². The molecular weight excluding hydrogens is 288 g/mol. The monoisotopic (exact) mass is 308 g/mol. The van der Waals surface area contributed by atoms with Gasteiger partial charge >= 0.3 is 0 Å². The van der Waals surface area contributed by atoms with Crippen molar-refractivity contribution in [2.75, 3.05) is 11.9 Å². The average Bonchev–Trinajstić information content (AvgIpc) is 2.91. The van der Waals surface area contributed by atoms with Gasteiger partial charge in [0.25, 0.3) is 0 Å². The Bertz CT molecular complexity index is 666. The van der Waals surface area contributed by atoms with Crippen molar-refractivity contribution in [2.24, 2.45) is 0 Å². The van der Waals surface area contributed by atoms with Gasteiger partial charge in [0.2, 0.25) is 10.0 Å². The quantitative estimate of drug-likeness (QED) is 0.816. The molecule has 1 aromatic heterocycles. The summed E-state index contributed by atoms with van der Waals surface area (Å²) in [7, 11) is -3.51. The van der Waals surface area contributed by atoms with Gasteiger partial charge in [-0.1, -0.05) is 12.1 Å². The highest BCUT2D eigenvalue weighted by Gasteiger charge is 2.18. The molecule has 114 valence electrons. The number of rotatable bonds is 7. The second-order valence-corrected chi connectivity index (χ2v) is 6.68. The van der Waals surface area contributed by atoms with Crippen LogP contribution < -0.4 is 10.0 Å². The largest absolute Gasteiger partial charge is 0.382 e. The van der Waals surface area contributed by atoms with E-state index in [0.29, 0.717) is 18.8 Å². The number of anilines is 1. The number of imidazole rings is 1. The molecule has 0 amide bonds. The van der Waals surface area contributed by atoms with E-state index in [2.05, 4.69) is 15.0 Å². The van der Waals surface area contributed by atoms with Gasteiger partial charge < -0.3 is 9.88 Å². The normalized spacial score (nSPS) is 11.8. The summed E-state index contributed by atoms with van der Waals surface area (Å²) >= 11 is 0. The minimum atomic E-state index is -3.51. The fourth-order valence-corrected chi connectivity index (χ4v) is 3.39. The zero-order chi connectivity index (χ0) is 15.3. The number of hydrogen-bond donors (Lipinski definition) is 2. The van der Waals surface area contributed by atoms with E-state index in [1.807, 2.05) is 16.8 Å². The van der Waals surface area contributed by atoms with E-state index in [1.165, 1.54) is 0 Å². The lowest BCUT2D eigenvalue weighted by Crippen LogP contribution is -2.30. The number of para-hydroxylation sites is 1. The van der Waals surface area contributed by atoms with Gasteiger partial charge in [0.1, 0.15) is 4.90 Å². The number of aromatic nitrogens is 2. The highest BCUT2D eigenvalue weighted by Crippen LogP contribution is 2.20. The van der Waals surface area contributed by atoms with E-state index >= 15 is 0 Å². The van der Waals surface area contributed by atoms with Gasteiger partial charge in [0.15, 0.2) is 0 Å². The van der Waals surface area contributed by atoms with Gasteiger partial charge in [0.05, 0.1) is 12.0 Å². The molecule has 0 unspecified atom stereocenters. The molecule has 0 bridgehead atoms. The minimum absolute atomic E-state index is 0.144. The lowest BCUT2D eigenvalue weighted by atomic mass is 10.3. The number of nitrogens with one attached hydrogen (secondary N) is 2. The van der Waals surface area contributed by atoms with E-state index < -0.39 is 10.0 Å². The zero-order valence-corrected chi connectivity index (χ0v) is 13.0. The Morgan fingerprint density at radius 2 is 2.05 bits per heavy atom. The van der Waals surface area contributed by atoms with Crippen LogP contribution in [0.25, 0.3) is 0 Å². The Labute approximate surface area is 125 Å². The fourth-order valence-electron chi connectivity index (χ4n) is 1.96. The van der Waals surface area contributed by atoms with Crippen LogP contribution >= 0.6 is 0 Å². The third-order valence-electron chi connectivity index (χ3n) is 2.81. The molecule has 21 heavy (non-hydrogen) atoms. The van der Waals surface area contributed by atoms with E-state index in [9.17, 15) is 8.42 Å². The zero-order valence-electron chi connectivity index (χ0n) is 12.2. The maximum Gasteiger partial charge on any atom is 0.242 e. The Morgan fingerprint density at radius 1 is 1.29 bits per heavy atom. The molecule has 0 spiro atoms. The van der Waals surface area contributed by atoms with Gasteiger partial charge in [-0.3, -0.25) is 0 Å². The molecule has 0 aliphatic rings. The second kappa shape index (κ2) is 6.73. The Balaban J connectivity index is 2.09. The van der Waals surface area contributed by atoms with Crippen LogP contribution in [0.15, 0.2) is 47.9 Å². The summed E-state index contributed by atoms with van der Waals surface area (Å²) in [6.45, 7) is 4.93. The number of benzene rings is 1. The maximum absolute atomic E-state index is 12.3. The summed E-state index contributed by atoms with van der Waals surface area (Å²) in [6, 6.07) is 6.76. The van der Waals surface area contributed by atoms with Gasteiger partial charge in [-0.25, -0.2) is 18.1 Å². The molecule has 0 aliphatic heterocycles. The number of nitrogens with zero attached hydrogens (tertiary/aromatic N) is 2. The van der Waals surface area contributed by atoms with Gasteiger partial charge in [-0.05, 0) is 26.0 Å². The predicted molar refractivity (Wildman–Crippen MR) is 82.6 cm³/mol. The molecule has 7 heteroatoms. The molecule has 2 rings (SSSR count). The number of hydrogen-bond acceptors (Lipinski definition) is 4. The van der Waals surface area contributed by atoms with Crippen LogP contribution in [-0.2, 0) is 16.6 Å². The lowest BCUT2D eigenvalue weighted by molar-refractivity contribution is 0.570. The standard InChI is InChI=1S/C14H20N4O2S/c1-12(2)17-21(19,20)14-6-4-3-5-13(14)16-8-10-18-9-7-15-11-18/h3-7,9,11-12,16-17H,8,10H2,1-2H3. The SMILES string of the molecule is CC(C)NS(=O)(=O)c1ccccc1NCCn1ccnc1. The molecule has 0 radical (unpaired) electrons. The van der Waals surface area contributed by atoms with Crippen LogP contribution in [0.1, 0.15) is 13.8 Å². The van der Waals surface area contributed by atoms with Crippen molar-refractivity contribution in [3.63, 3.8) is 0 Å². The van der Waals surface area contributed by atoms with Crippen molar-refractivity contribution < 1.29 is 8.42 Å². The lowest BCUT2D eigenvalue weighted by Gasteiger charge is -2.14. The fraction of sp³-hybridized carbons (Fsp3) is 0.357. The maximum atomic E-state index is 12.3. The molecule has 6 nitrogen and oxygen atoms in total. The van der Waals surface area contributed by atoms with Crippen LogP contribution in [0.2, 0.25) is 0 Å². The van der Waals surface area contributed by atoms with E-state index in [-0.39, 0.29) is 10.9 Å². The third-order valence-corrected chi connectivity index (χ3v) is 4.53. The Hall–Kier alpha value is -1.86. The first kappa shape index (κ1) is 15.5. The molecule has 1 heterocycles. The summed E-state index contributed by atoms with van der Waals surface area (Å²) in [5.41, 5.74) is 0.603. The summed E-state index contributed by atoms with van der Waals surface area (Å²) in [5, 5.41) is 3.16. The second-order valence-electron chi connectivity index (χ2n) is 5.00. The van der Waals surface area contributed by atoms with Gasteiger partial charge in [-0.15, -0.1) is 0 Å². The average molecular weight is 308 g/mol. The van der Waals surface area contributed by atoms with Crippen molar-refractivity contribution in [2.45, 2.75) is 31.3 Å². The number of sulfonamides is 1. The van der Waals surface area contributed by atoms with Crippen LogP contribution in [0.3, 0.4) is 0 Å². The Morgan fingerprint density at radius 3 is 2.71 bits per heavy atom. The molecule has 2 aromatic rings. The van der Waals surface area contributed by atoms with Crippen molar-refractivity contribution >= 4 is 15.7 Å². The molecule has 0 saturated carbocycles. The summed E-state index contributed by atoms with van der Waals surface area (Å²) in [5.74, 6) is 0. The van der Waals surface area contributed by atoms with Crippen molar-refractivity contribution in [3.05, 3.63) is 43.0 Å². The molecule has 0 fully saturated rings. The summed E-state index contributed by atoms with van der Waals surface area (Å²) in [4.78, 5) is 4.23. The molecule has 0 aliphatic carbocycles. The van der Waals surface area contributed by atoms with Gasteiger partial charge in [0, 0.05) is 31.5 Å². The van der Waals surface area contributed by atoms with Crippen LogP contribution in [-0.4, -0.2) is 30.6 Å². The third kappa shape index (κ3) is 4.30. The van der Waals surface area contributed by atoms with E-state index in [0.717, 1.165) is 0 Å². The first-order valence-corrected chi connectivity index (χ1v) is 8.28. The summed E-state index contributed by atoms with van der Waals surface area (Å²) < 4.78 is 29.1. The van der Waals surface area contributed by atoms with Crippen molar-refractivity contribution in [3.8, 4) is 0 Å². The predicted octanol–water partition coefficient (Wildman–Crippen LogP) is 1.68. The van der Waals surface area contributed by atoms with Crippen molar-refractivity contribution in [1.29, 1.82) is 0 Å². The van der Waals surface area contributed by atoms with Crippen LogP contribution in [0, 0.1) is 0 Å². The van der Waals surface area contributed by atoms with Gasteiger partial charge in [-0.2, -0.15) is 0 Å². The molecule has 2 N–H and O–H groups in total. The van der Waals surface area contributed by atoms with Crippen LogP contribution in [0.4, 0.5) is 5.69 Å². The minimum Gasteiger partial charge on any atom is -0.382 e. The molecule has 1 aromatic carbocycles. The highest BCUT2D eigenvalue weighted by molar-refractivity contribution is 7.89. The van der Waals surface area contributed by atoms with E-state index in [1.54, 1.807) is 44.6 Å². The topological polar surface area (TPSA) is 76.0 Å². The molecule has 0 atom stereocenters. The highest BCUT2D eigenvalue weighted by atomic mass is 32.2. The first-order chi connectivity index (χ1) is 9.99. The Kier molecular flexibility index (Phi) is 4.98. The summed E-state index contributed by atoms with van der Waals surface area (Å²) in [6.07, 6.45) is 5.31. The smallest absolute Gasteiger partial charge is 0.242 e. The molecular formula is C14H20N4O2S.